The minimum atomic E-state index is -0.383. The van der Waals surface area contributed by atoms with Crippen LogP contribution in [0.4, 0.5) is 0 Å². The molecule has 0 spiro atoms. The van der Waals surface area contributed by atoms with Crippen LogP contribution in [0.15, 0.2) is 59.4 Å². The molecule has 4 aromatic rings. The maximum absolute atomic E-state index is 12.6. The standard InChI is InChI=1S/C18H14N4O2/c1-12-17(24)19-18-21(11-16(23)13-7-3-2-4-8-13)14-9-5-6-10-15(14)22(18)20-12/h2-10H,11H2,1H3. The highest BCUT2D eigenvalue weighted by molar-refractivity contribution is 5.97. The van der Waals surface area contributed by atoms with Crippen molar-refractivity contribution in [3.63, 3.8) is 0 Å². The number of hydrogen-bond acceptors (Lipinski definition) is 4. The van der Waals surface area contributed by atoms with Crippen molar-refractivity contribution in [3.05, 3.63) is 76.2 Å². The highest BCUT2D eigenvalue weighted by Crippen LogP contribution is 2.19. The summed E-state index contributed by atoms with van der Waals surface area (Å²) in [7, 11) is 0. The van der Waals surface area contributed by atoms with Crippen molar-refractivity contribution in [3.8, 4) is 0 Å². The van der Waals surface area contributed by atoms with E-state index in [2.05, 4.69) is 10.1 Å². The minimum Gasteiger partial charge on any atom is -0.300 e. The van der Waals surface area contributed by atoms with Crippen molar-refractivity contribution in [1.29, 1.82) is 0 Å². The van der Waals surface area contributed by atoms with E-state index in [4.69, 9.17) is 0 Å². The Morgan fingerprint density at radius 2 is 1.67 bits per heavy atom. The van der Waals surface area contributed by atoms with E-state index in [1.807, 2.05) is 42.5 Å². The fourth-order valence-electron chi connectivity index (χ4n) is 2.79. The average Bonchev–Trinajstić information content (AvgIpc) is 2.90. The molecule has 4 rings (SSSR count). The predicted octanol–water partition coefficient (Wildman–Crippen LogP) is 2.24. The minimum absolute atomic E-state index is 0.0475. The first-order valence-electron chi connectivity index (χ1n) is 7.58. The van der Waals surface area contributed by atoms with Crippen LogP contribution in [0, 0.1) is 6.92 Å². The van der Waals surface area contributed by atoms with Gasteiger partial charge >= 0.3 is 0 Å². The molecule has 0 N–H and O–H groups in total. The van der Waals surface area contributed by atoms with Gasteiger partial charge in [-0.3, -0.25) is 9.59 Å². The summed E-state index contributed by atoms with van der Waals surface area (Å²) in [6.45, 7) is 1.72. The molecular weight excluding hydrogens is 304 g/mol. The number of hydrogen-bond donors (Lipinski definition) is 0. The molecule has 2 aromatic carbocycles. The number of aromatic nitrogens is 4. The Balaban J connectivity index is 1.94. The number of rotatable bonds is 3. The second-order valence-electron chi connectivity index (χ2n) is 5.58. The highest BCUT2D eigenvalue weighted by Gasteiger charge is 2.16. The Bertz CT molecular complexity index is 1130. The van der Waals surface area contributed by atoms with E-state index in [9.17, 15) is 9.59 Å². The van der Waals surface area contributed by atoms with Gasteiger partial charge < -0.3 is 4.57 Å². The number of carbonyl (C=O) groups excluding carboxylic acids is 1. The predicted molar refractivity (Wildman–Crippen MR) is 90.3 cm³/mol. The highest BCUT2D eigenvalue weighted by atomic mass is 16.1. The molecule has 0 aliphatic carbocycles. The lowest BCUT2D eigenvalue weighted by Gasteiger charge is -2.05. The summed E-state index contributed by atoms with van der Waals surface area (Å²) in [4.78, 5) is 28.6. The van der Waals surface area contributed by atoms with Crippen molar-refractivity contribution in [2.75, 3.05) is 0 Å². The van der Waals surface area contributed by atoms with Gasteiger partial charge in [-0.15, -0.1) is 0 Å². The molecule has 0 saturated carbocycles. The van der Waals surface area contributed by atoms with Crippen LogP contribution in [0.3, 0.4) is 0 Å². The number of imidazole rings is 1. The lowest BCUT2D eigenvalue weighted by atomic mass is 10.1. The van der Waals surface area contributed by atoms with E-state index in [0.717, 1.165) is 11.0 Å². The van der Waals surface area contributed by atoms with E-state index in [1.54, 1.807) is 28.1 Å². The summed E-state index contributed by atoms with van der Waals surface area (Å²) < 4.78 is 3.35. The van der Waals surface area contributed by atoms with Crippen LogP contribution in [0.5, 0.6) is 0 Å². The lowest BCUT2D eigenvalue weighted by Crippen LogP contribution is -2.18. The van der Waals surface area contributed by atoms with E-state index in [1.165, 1.54) is 0 Å². The third-order valence-corrected chi connectivity index (χ3v) is 3.99. The average molecular weight is 318 g/mol. The van der Waals surface area contributed by atoms with Gasteiger partial charge in [0.05, 0.1) is 17.6 Å². The molecule has 6 heteroatoms. The number of aryl methyl sites for hydroxylation is 1. The zero-order valence-corrected chi connectivity index (χ0v) is 13.0. The summed E-state index contributed by atoms with van der Waals surface area (Å²) in [5.74, 6) is 0.324. The largest absolute Gasteiger partial charge is 0.300 e. The quantitative estimate of drug-likeness (QED) is 0.543. The molecule has 2 aromatic heterocycles. The Kier molecular flexibility index (Phi) is 3.23. The number of benzene rings is 2. The SMILES string of the molecule is Cc1nn2c3ccccc3n(CC(=O)c3ccccc3)c2nc1=O. The molecule has 0 bridgehead atoms. The van der Waals surface area contributed by atoms with Gasteiger partial charge in [-0.05, 0) is 19.1 Å². The van der Waals surface area contributed by atoms with Crippen molar-refractivity contribution in [1.82, 2.24) is 19.2 Å². The first kappa shape index (κ1) is 14.3. The van der Waals surface area contributed by atoms with Gasteiger partial charge in [0.1, 0.15) is 5.69 Å². The monoisotopic (exact) mass is 318 g/mol. The summed E-state index contributed by atoms with van der Waals surface area (Å²) >= 11 is 0. The number of ketones is 1. The van der Waals surface area contributed by atoms with E-state index >= 15 is 0 Å². The number of fused-ring (bicyclic) bond motifs is 3. The fraction of sp³-hybridized carbons (Fsp3) is 0.111. The first-order valence-corrected chi connectivity index (χ1v) is 7.58. The molecule has 2 heterocycles. The lowest BCUT2D eigenvalue weighted by molar-refractivity contribution is 0.0974. The Morgan fingerprint density at radius 3 is 2.42 bits per heavy atom. The van der Waals surface area contributed by atoms with Crippen molar-refractivity contribution in [2.45, 2.75) is 13.5 Å². The maximum Gasteiger partial charge on any atom is 0.296 e. The van der Waals surface area contributed by atoms with Crippen LogP contribution in [0.1, 0.15) is 16.1 Å². The van der Waals surface area contributed by atoms with Crippen LogP contribution in [-0.4, -0.2) is 24.9 Å². The molecular formula is C18H14N4O2. The molecule has 118 valence electrons. The number of Topliss-reactive ketones (excluding diaryl/α,β-unsaturated/α-hetero) is 1. The van der Waals surface area contributed by atoms with Gasteiger partial charge in [-0.1, -0.05) is 42.5 Å². The second kappa shape index (κ2) is 5.42. The maximum atomic E-state index is 12.6. The molecule has 6 nitrogen and oxygen atoms in total. The van der Waals surface area contributed by atoms with Crippen LogP contribution in [0.25, 0.3) is 16.8 Å². The molecule has 0 aliphatic rings. The molecule has 0 amide bonds. The van der Waals surface area contributed by atoms with Crippen LogP contribution in [-0.2, 0) is 6.54 Å². The Labute approximate surface area is 137 Å². The summed E-state index contributed by atoms with van der Waals surface area (Å²) in [6.07, 6.45) is 0. The topological polar surface area (TPSA) is 69.3 Å². The molecule has 0 saturated heterocycles. The number of nitrogens with zero attached hydrogens (tertiary/aromatic N) is 4. The fourth-order valence-corrected chi connectivity index (χ4v) is 2.79. The first-order chi connectivity index (χ1) is 11.6. The van der Waals surface area contributed by atoms with Crippen molar-refractivity contribution in [2.24, 2.45) is 0 Å². The van der Waals surface area contributed by atoms with E-state index < -0.39 is 0 Å². The summed E-state index contributed by atoms with van der Waals surface area (Å²) in [5.41, 5.74) is 2.18. The Morgan fingerprint density at radius 1 is 1.00 bits per heavy atom. The Hall–Kier alpha value is -3.28. The van der Waals surface area contributed by atoms with Crippen LogP contribution < -0.4 is 5.56 Å². The number of carbonyl (C=O) groups is 1. The molecule has 0 aliphatic heterocycles. The van der Waals surface area contributed by atoms with Gasteiger partial charge in [0.2, 0.25) is 5.78 Å². The van der Waals surface area contributed by atoms with Gasteiger partial charge in [-0.2, -0.15) is 14.6 Å². The van der Waals surface area contributed by atoms with Crippen LogP contribution >= 0.6 is 0 Å². The molecule has 0 radical (unpaired) electrons. The molecule has 0 fully saturated rings. The smallest absolute Gasteiger partial charge is 0.296 e. The van der Waals surface area contributed by atoms with Crippen molar-refractivity contribution >= 4 is 22.6 Å². The van der Waals surface area contributed by atoms with Gasteiger partial charge in [0, 0.05) is 5.56 Å². The van der Waals surface area contributed by atoms with E-state index in [0.29, 0.717) is 17.0 Å². The third-order valence-electron chi connectivity index (χ3n) is 3.99. The van der Waals surface area contributed by atoms with Gasteiger partial charge in [-0.25, -0.2) is 0 Å². The summed E-state index contributed by atoms with van der Waals surface area (Å²) in [5, 5.41) is 4.31. The molecule has 0 unspecified atom stereocenters. The second-order valence-corrected chi connectivity index (χ2v) is 5.58. The van der Waals surface area contributed by atoms with Gasteiger partial charge in [0.15, 0.2) is 5.78 Å². The normalized spacial score (nSPS) is 11.2. The zero-order chi connectivity index (χ0) is 16.7. The number of para-hydroxylation sites is 2. The van der Waals surface area contributed by atoms with Gasteiger partial charge in [0.25, 0.3) is 5.56 Å². The zero-order valence-electron chi connectivity index (χ0n) is 13.0. The third kappa shape index (κ3) is 2.20. The van der Waals surface area contributed by atoms with Crippen molar-refractivity contribution < 1.29 is 4.79 Å². The van der Waals surface area contributed by atoms with E-state index in [-0.39, 0.29) is 17.9 Å². The van der Waals surface area contributed by atoms with Crippen LogP contribution in [0.2, 0.25) is 0 Å². The molecule has 0 atom stereocenters. The summed E-state index contributed by atoms with van der Waals surface area (Å²) in [6, 6.07) is 16.6. The molecule has 24 heavy (non-hydrogen) atoms.